The lowest BCUT2D eigenvalue weighted by atomic mass is 10.1. The van der Waals surface area contributed by atoms with E-state index in [4.69, 9.17) is 20.1 Å². The van der Waals surface area contributed by atoms with Gasteiger partial charge in [-0.1, -0.05) is 23.9 Å². The molecule has 0 unspecified atom stereocenters. The van der Waals surface area contributed by atoms with E-state index < -0.39 is 17.5 Å². The van der Waals surface area contributed by atoms with Crippen molar-refractivity contribution in [2.45, 2.75) is 36.2 Å². The average molecular weight is 389 g/mol. The zero-order valence-corrected chi connectivity index (χ0v) is 15.8. The number of hydrogen-bond donors (Lipinski definition) is 2. The molecule has 8 heteroatoms. The summed E-state index contributed by atoms with van der Waals surface area (Å²) in [6.45, 7) is 5.38. The van der Waals surface area contributed by atoms with E-state index in [1.807, 2.05) is 0 Å². The fraction of sp³-hybridized carbons (Fsp3) is 0.211. The SMILES string of the molecule is CC(C)(C)OC(=O)c1ccc(Sc2ccccc2C(=O)O)c(N)c1.O=C=O. The van der Waals surface area contributed by atoms with E-state index in [1.54, 1.807) is 57.2 Å². The van der Waals surface area contributed by atoms with Gasteiger partial charge in [0, 0.05) is 15.5 Å². The molecule has 142 valence electrons. The Morgan fingerprint density at radius 3 is 2.19 bits per heavy atom. The normalized spacial score (nSPS) is 10.2. The van der Waals surface area contributed by atoms with Gasteiger partial charge in [0.1, 0.15) is 5.60 Å². The van der Waals surface area contributed by atoms with Gasteiger partial charge < -0.3 is 15.6 Å². The number of esters is 1. The van der Waals surface area contributed by atoms with Gasteiger partial charge >= 0.3 is 18.1 Å². The Morgan fingerprint density at radius 2 is 1.67 bits per heavy atom. The van der Waals surface area contributed by atoms with E-state index in [0.717, 1.165) is 0 Å². The van der Waals surface area contributed by atoms with Crippen molar-refractivity contribution in [1.82, 2.24) is 0 Å². The van der Waals surface area contributed by atoms with Crippen LogP contribution in [0.4, 0.5) is 5.69 Å². The largest absolute Gasteiger partial charge is 0.478 e. The van der Waals surface area contributed by atoms with Gasteiger partial charge in [-0.3, -0.25) is 0 Å². The first kappa shape index (κ1) is 22.0. The number of hydrogen-bond acceptors (Lipinski definition) is 7. The van der Waals surface area contributed by atoms with Crippen molar-refractivity contribution < 1.29 is 29.0 Å². The quantitative estimate of drug-likeness (QED) is 0.601. The van der Waals surface area contributed by atoms with Gasteiger partial charge in [-0.25, -0.2) is 9.59 Å². The minimum atomic E-state index is -0.998. The lowest BCUT2D eigenvalue weighted by molar-refractivity contribution is -0.191. The van der Waals surface area contributed by atoms with Gasteiger partial charge in [-0.2, -0.15) is 9.59 Å². The van der Waals surface area contributed by atoms with Crippen LogP contribution in [0, 0.1) is 0 Å². The number of rotatable bonds is 4. The molecule has 0 heterocycles. The second-order valence-corrected chi connectivity index (χ2v) is 7.32. The third kappa shape index (κ3) is 6.97. The maximum absolute atomic E-state index is 12.1. The Labute approximate surface area is 160 Å². The monoisotopic (exact) mass is 389 g/mol. The molecule has 27 heavy (non-hydrogen) atoms. The van der Waals surface area contributed by atoms with Gasteiger partial charge in [-0.05, 0) is 51.1 Å². The van der Waals surface area contributed by atoms with Gasteiger partial charge in [0.15, 0.2) is 0 Å². The lowest BCUT2D eigenvalue weighted by Crippen LogP contribution is -2.23. The number of carboxylic acids is 1. The summed E-state index contributed by atoms with van der Waals surface area (Å²) < 4.78 is 5.31. The summed E-state index contributed by atoms with van der Waals surface area (Å²) in [4.78, 5) is 40.8. The molecule has 2 aromatic carbocycles. The summed E-state index contributed by atoms with van der Waals surface area (Å²) in [5.74, 6) is -1.45. The van der Waals surface area contributed by atoms with Crippen LogP contribution in [0.25, 0.3) is 0 Å². The Kier molecular flexibility index (Phi) is 7.78. The Morgan fingerprint density at radius 1 is 1.07 bits per heavy atom. The molecule has 3 N–H and O–H groups in total. The van der Waals surface area contributed by atoms with Crippen LogP contribution in [-0.2, 0) is 14.3 Å². The molecule has 0 saturated carbocycles. The summed E-state index contributed by atoms with van der Waals surface area (Å²) in [6, 6.07) is 11.5. The Hall–Kier alpha value is -3.09. The van der Waals surface area contributed by atoms with E-state index in [2.05, 4.69) is 0 Å². The van der Waals surface area contributed by atoms with Crippen LogP contribution in [0.15, 0.2) is 52.3 Å². The zero-order valence-electron chi connectivity index (χ0n) is 15.0. The molecule has 0 aromatic heterocycles. The Bertz CT molecular complexity index is 867. The number of benzene rings is 2. The second kappa shape index (κ2) is 9.56. The summed E-state index contributed by atoms with van der Waals surface area (Å²) in [5, 5.41) is 9.23. The van der Waals surface area contributed by atoms with Crippen LogP contribution >= 0.6 is 11.8 Å². The first-order valence-corrected chi connectivity index (χ1v) is 8.53. The van der Waals surface area contributed by atoms with Crippen LogP contribution in [0.1, 0.15) is 41.5 Å². The molecule has 0 amide bonds. The molecule has 0 aliphatic heterocycles. The minimum absolute atomic E-state index is 0.207. The van der Waals surface area contributed by atoms with E-state index in [-0.39, 0.29) is 11.7 Å². The highest BCUT2D eigenvalue weighted by atomic mass is 32.2. The number of nitrogens with two attached hydrogens (primary N) is 1. The molecule has 0 radical (unpaired) electrons. The molecule has 7 nitrogen and oxygen atoms in total. The third-order valence-corrected chi connectivity index (χ3v) is 4.15. The van der Waals surface area contributed by atoms with E-state index in [9.17, 15) is 14.7 Å². The summed E-state index contributed by atoms with van der Waals surface area (Å²) in [7, 11) is 0. The molecule has 0 atom stereocenters. The van der Waals surface area contributed by atoms with Crippen molar-refractivity contribution in [2.75, 3.05) is 5.73 Å². The van der Waals surface area contributed by atoms with Crippen molar-refractivity contribution in [3.8, 4) is 0 Å². The summed E-state index contributed by atoms with van der Waals surface area (Å²) in [6.07, 6.45) is 0.250. The molecule has 2 rings (SSSR count). The van der Waals surface area contributed by atoms with E-state index in [1.165, 1.54) is 17.8 Å². The van der Waals surface area contributed by atoms with Crippen molar-refractivity contribution in [3.63, 3.8) is 0 Å². The van der Waals surface area contributed by atoms with Crippen LogP contribution in [0.2, 0.25) is 0 Å². The maximum atomic E-state index is 12.1. The molecular formula is C19H19NO6S. The van der Waals surface area contributed by atoms with Crippen molar-refractivity contribution in [3.05, 3.63) is 53.6 Å². The standard InChI is InChI=1S/C18H19NO4S.CO2/c1-18(2,3)23-17(22)11-8-9-15(13(19)10-11)24-14-7-5-4-6-12(14)16(20)21;2-1-3/h4-10H,19H2,1-3H3,(H,20,21);. The fourth-order valence-electron chi connectivity index (χ4n) is 1.96. The van der Waals surface area contributed by atoms with E-state index >= 15 is 0 Å². The van der Waals surface area contributed by atoms with Crippen molar-refractivity contribution >= 4 is 35.5 Å². The molecule has 2 aromatic rings. The van der Waals surface area contributed by atoms with Crippen molar-refractivity contribution in [2.24, 2.45) is 0 Å². The first-order valence-electron chi connectivity index (χ1n) is 7.71. The minimum Gasteiger partial charge on any atom is -0.478 e. The number of ether oxygens (including phenoxy) is 1. The molecule has 0 saturated heterocycles. The first-order chi connectivity index (χ1) is 12.6. The highest BCUT2D eigenvalue weighted by Gasteiger charge is 2.19. The number of aromatic carboxylic acids is 1. The highest BCUT2D eigenvalue weighted by molar-refractivity contribution is 7.99. The van der Waals surface area contributed by atoms with Crippen LogP contribution < -0.4 is 5.73 Å². The summed E-state index contributed by atoms with van der Waals surface area (Å²) >= 11 is 1.24. The summed E-state index contributed by atoms with van der Waals surface area (Å²) in [5.41, 5.74) is 6.40. The molecule has 0 bridgehead atoms. The third-order valence-electron chi connectivity index (χ3n) is 2.98. The molecule has 0 fully saturated rings. The van der Waals surface area contributed by atoms with E-state index in [0.29, 0.717) is 21.0 Å². The molecular weight excluding hydrogens is 370 g/mol. The predicted molar refractivity (Wildman–Crippen MR) is 98.6 cm³/mol. The molecule has 0 spiro atoms. The number of anilines is 1. The van der Waals surface area contributed by atoms with Gasteiger partial charge in [-0.15, -0.1) is 0 Å². The number of carboxylic acid groups (broad SMARTS) is 1. The smallest absolute Gasteiger partial charge is 0.373 e. The number of carbonyl (C=O) groups is 2. The number of nitrogen functional groups attached to an aromatic ring is 1. The second-order valence-electron chi connectivity index (χ2n) is 6.24. The average Bonchev–Trinajstić information content (AvgIpc) is 2.56. The lowest BCUT2D eigenvalue weighted by Gasteiger charge is -2.19. The Balaban J connectivity index is 0.00000114. The predicted octanol–water partition coefficient (Wildman–Crippen LogP) is 3.49. The zero-order chi connectivity index (χ0) is 20.6. The van der Waals surface area contributed by atoms with Gasteiger partial charge in [0.25, 0.3) is 0 Å². The topological polar surface area (TPSA) is 124 Å². The number of carbonyl (C=O) groups excluding carboxylic acids is 3. The van der Waals surface area contributed by atoms with Crippen molar-refractivity contribution in [1.29, 1.82) is 0 Å². The molecule has 0 aliphatic rings. The van der Waals surface area contributed by atoms with Gasteiger partial charge in [0.05, 0.1) is 11.1 Å². The van der Waals surface area contributed by atoms with Crippen LogP contribution in [0.3, 0.4) is 0 Å². The van der Waals surface area contributed by atoms with Crippen LogP contribution in [0.5, 0.6) is 0 Å². The van der Waals surface area contributed by atoms with Gasteiger partial charge in [0.2, 0.25) is 0 Å². The fourth-order valence-corrected chi connectivity index (χ4v) is 2.92. The molecule has 0 aliphatic carbocycles. The highest BCUT2D eigenvalue weighted by Crippen LogP contribution is 2.34. The maximum Gasteiger partial charge on any atom is 0.373 e. The van der Waals surface area contributed by atoms with Crippen LogP contribution in [-0.4, -0.2) is 28.8 Å².